The van der Waals surface area contributed by atoms with Crippen molar-refractivity contribution in [3.8, 4) is 5.75 Å². The first-order valence-corrected chi connectivity index (χ1v) is 8.57. The zero-order chi connectivity index (χ0) is 18.5. The highest BCUT2D eigenvalue weighted by molar-refractivity contribution is 5.87. The minimum Gasteiger partial charge on any atom is -0.495 e. The van der Waals surface area contributed by atoms with Gasteiger partial charge in [-0.15, -0.1) is 0 Å². The van der Waals surface area contributed by atoms with Crippen molar-refractivity contribution in [1.82, 2.24) is 10.3 Å². The normalized spacial score (nSPS) is 10.8. The molecule has 6 heteroatoms. The molecular formula is C20H22N2O4. The van der Waals surface area contributed by atoms with E-state index in [-0.39, 0.29) is 11.5 Å². The summed E-state index contributed by atoms with van der Waals surface area (Å²) < 4.78 is 10.5. The van der Waals surface area contributed by atoms with Crippen molar-refractivity contribution < 1.29 is 13.9 Å². The van der Waals surface area contributed by atoms with E-state index in [0.29, 0.717) is 42.6 Å². The quantitative estimate of drug-likeness (QED) is 0.683. The number of aromatic amines is 1. The molecule has 6 nitrogen and oxygen atoms in total. The number of carbonyl (C=O) groups is 1. The number of amides is 1. The van der Waals surface area contributed by atoms with Crippen LogP contribution in [0.1, 0.15) is 23.3 Å². The number of hydrogen-bond donors (Lipinski definition) is 2. The van der Waals surface area contributed by atoms with Crippen LogP contribution in [-0.4, -0.2) is 24.5 Å². The molecule has 2 aromatic heterocycles. The number of pyridine rings is 1. The molecule has 1 amide bonds. The van der Waals surface area contributed by atoms with Crippen LogP contribution in [0.2, 0.25) is 0 Å². The van der Waals surface area contributed by atoms with Gasteiger partial charge in [0.15, 0.2) is 0 Å². The van der Waals surface area contributed by atoms with Gasteiger partial charge in [0.1, 0.15) is 11.5 Å². The molecule has 0 unspecified atom stereocenters. The lowest BCUT2D eigenvalue weighted by molar-refractivity contribution is -0.121. The van der Waals surface area contributed by atoms with Gasteiger partial charge in [-0.2, -0.15) is 0 Å². The summed E-state index contributed by atoms with van der Waals surface area (Å²) in [6.45, 7) is 2.40. The van der Waals surface area contributed by atoms with E-state index < -0.39 is 0 Å². The zero-order valence-electron chi connectivity index (χ0n) is 14.9. The number of aryl methyl sites for hydroxylation is 2. The summed E-state index contributed by atoms with van der Waals surface area (Å²) in [5, 5.41) is 3.80. The van der Waals surface area contributed by atoms with E-state index in [4.69, 9.17) is 9.15 Å². The Morgan fingerprint density at radius 1 is 1.27 bits per heavy atom. The number of rotatable bonds is 7. The Hall–Kier alpha value is -3.02. The Morgan fingerprint density at radius 2 is 2.12 bits per heavy atom. The largest absolute Gasteiger partial charge is 0.495 e. The summed E-state index contributed by atoms with van der Waals surface area (Å²) in [7, 11) is 1.58. The van der Waals surface area contributed by atoms with Gasteiger partial charge in [-0.05, 0) is 43.2 Å². The van der Waals surface area contributed by atoms with Crippen molar-refractivity contribution in [2.45, 2.75) is 26.2 Å². The van der Waals surface area contributed by atoms with E-state index in [0.717, 1.165) is 16.7 Å². The van der Waals surface area contributed by atoms with Crippen molar-refractivity contribution >= 4 is 16.8 Å². The average Bonchev–Trinajstić information content (AvgIpc) is 3.15. The number of ether oxygens (including phenoxy) is 1. The van der Waals surface area contributed by atoms with Gasteiger partial charge >= 0.3 is 0 Å². The lowest BCUT2D eigenvalue weighted by Crippen LogP contribution is -2.27. The molecule has 2 N–H and O–H groups in total. The molecular weight excluding hydrogens is 332 g/mol. The maximum absolute atomic E-state index is 12.3. The number of nitrogens with one attached hydrogen (secondary N) is 2. The molecule has 0 bridgehead atoms. The third-order valence-electron chi connectivity index (χ3n) is 4.39. The van der Waals surface area contributed by atoms with Crippen molar-refractivity contribution in [1.29, 1.82) is 0 Å². The van der Waals surface area contributed by atoms with Crippen LogP contribution in [0.4, 0.5) is 0 Å². The fourth-order valence-corrected chi connectivity index (χ4v) is 2.92. The average molecular weight is 354 g/mol. The summed E-state index contributed by atoms with van der Waals surface area (Å²) in [5.41, 5.74) is 2.23. The highest BCUT2D eigenvalue weighted by atomic mass is 16.5. The minimum absolute atomic E-state index is 0.0588. The molecule has 136 valence electrons. The van der Waals surface area contributed by atoms with Crippen LogP contribution < -0.4 is 15.6 Å². The first-order chi connectivity index (χ1) is 12.6. The molecule has 1 aromatic carbocycles. The van der Waals surface area contributed by atoms with Crippen LogP contribution >= 0.6 is 0 Å². The lowest BCUT2D eigenvalue weighted by atomic mass is 10.1. The first kappa shape index (κ1) is 17.8. The van der Waals surface area contributed by atoms with Gasteiger partial charge in [0, 0.05) is 30.3 Å². The van der Waals surface area contributed by atoms with E-state index in [9.17, 15) is 9.59 Å². The number of fused-ring (bicyclic) bond motifs is 1. The van der Waals surface area contributed by atoms with E-state index >= 15 is 0 Å². The second-order valence-corrected chi connectivity index (χ2v) is 6.18. The Bertz CT molecular complexity index is 958. The number of methoxy groups -OCH3 is 1. The third-order valence-corrected chi connectivity index (χ3v) is 4.39. The minimum atomic E-state index is -0.161. The third kappa shape index (κ3) is 3.96. The van der Waals surface area contributed by atoms with Crippen LogP contribution in [-0.2, 0) is 17.6 Å². The number of hydrogen-bond acceptors (Lipinski definition) is 4. The SMILES string of the molecule is COc1ccc(C)c2cc(CCNC(=O)CCc3ccco3)c(=O)[nH]c12. The Labute approximate surface area is 151 Å². The van der Waals surface area contributed by atoms with Crippen molar-refractivity contribution in [3.63, 3.8) is 0 Å². The summed E-state index contributed by atoms with van der Waals surface area (Å²) >= 11 is 0. The second-order valence-electron chi connectivity index (χ2n) is 6.18. The molecule has 3 aromatic rings. The molecule has 0 fully saturated rings. The number of carbonyl (C=O) groups excluding carboxylic acids is 1. The first-order valence-electron chi connectivity index (χ1n) is 8.57. The van der Waals surface area contributed by atoms with E-state index in [2.05, 4.69) is 10.3 Å². The van der Waals surface area contributed by atoms with E-state index in [1.54, 1.807) is 19.4 Å². The van der Waals surface area contributed by atoms with Crippen LogP contribution in [0.3, 0.4) is 0 Å². The summed E-state index contributed by atoms with van der Waals surface area (Å²) in [5.74, 6) is 1.37. The van der Waals surface area contributed by atoms with Crippen molar-refractivity contribution in [3.05, 3.63) is 63.8 Å². The molecule has 0 radical (unpaired) electrons. The number of benzene rings is 1. The smallest absolute Gasteiger partial charge is 0.251 e. The predicted molar refractivity (Wildman–Crippen MR) is 99.6 cm³/mol. The lowest BCUT2D eigenvalue weighted by Gasteiger charge is -2.10. The molecule has 0 aliphatic rings. The number of H-pyrrole nitrogens is 1. The van der Waals surface area contributed by atoms with Crippen molar-refractivity contribution in [2.24, 2.45) is 0 Å². The molecule has 0 atom stereocenters. The molecule has 2 heterocycles. The van der Waals surface area contributed by atoms with Gasteiger partial charge in [0.05, 0.1) is 18.9 Å². The topological polar surface area (TPSA) is 84.3 Å². The van der Waals surface area contributed by atoms with E-state index in [1.807, 2.05) is 31.2 Å². The molecule has 0 saturated carbocycles. The van der Waals surface area contributed by atoms with Gasteiger partial charge in [-0.25, -0.2) is 0 Å². The fourth-order valence-electron chi connectivity index (χ4n) is 2.92. The number of furan rings is 1. The van der Waals surface area contributed by atoms with E-state index in [1.165, 1.54) is 0 Å². The summed E-state index contributed by atoms with van der Waals surface area (Å²) in [4.78, 5) is 27.1. The van der Waals surface area contributed by atoms with Gasteiger partial charge < -0.3 is 19.5 Å². The number of aromatic nitrogens is 1. The Kier molecular flexibility index (Phi) is 5.41. The van der Waals surface area contributed by atoms with Crippen LogP contribution in [0, 0.1) is 6.92 Å². The van der Waals surface area contributed by atoms with Crippen LogP contribution in [0.5, 0.6) is 5.75 Å². The van der Waals surface area contributed by atoms with Gasteiger partial charge in [-0.3, -0.25) is 9.59 Å². The van der Waals surface area contributed by atoms with Crippen LogP contribution in [0.15, 0.2) is 45.8 Å². The maximum Gasteiger partial charge on any atom is 0.251 e. The highest BCUT2D eigenvalue weighted by Gasteiger charge is 2.10. The summed E-state index contributed by atoms with van der Waals surface area (Å²) in [6.07, 6.45) is 2.98. The predicted octanol–water partition coefficient (Wildman–Crippen LogP) is 2.73. The second kappa shape index (κ2) is 7.91. The molecule has 0 saturated heterocycles. The van der Waals surface area contributed by atoms with Gasteiger partial charge in [0.2, 0.25) is 5.91 Å². The Morgan fingerprint density at radius 3 is 2.85 bits per heavy atom. The van der Waals surface area contributed by atoms with Gasteiger partial charge in [-0.1, -0.05) is 6.07 Å². The molecule has 0 spiro atoms. The fraction of sp³-hybridized carbons (Fsp3) is 0.300. The highest BCUT2D eigenvalue weighted by Crippen LogP contribution is 2.25. The molecule has 0 aliphatic carbocycles. The summed E-state index contributed by atoms with van der Waals surface area (Å²) in [6, 6.07) is 9.32. The molecule has 26 heavy (non-hydrogen) atoms. The monoisotopic (exact) mass is 354 g/mol. The van der Waals surface area contributed by atoms with Crippen LogP contribution in [0.25, 0.3) is 10.9 Å². The Balaban J connectivity index is 1.63. The zero-order valence-corrected chi connectivity index (χ0v) is 14.9. The van der Waals surface area contributed by atoms with Gasteiger partial charge in [0.25, 0.3) is 5.56 Å². The standard InChI is InChI=1S/C20H22N2O4/c1-13-5-7-17(25-2)19-16(13)12-14(20(24)22-19)9-10-21-18(23)8-6-15-4-3-11-26-15/h3-5,7,11-12H,6,8-10H2,1-2H3,(H,21,23)(H,22,24). The molecule has 0 aliphatic heterocycles. The van der Waals surface area contributed by atoms with Crippen molar-refractivity contribution in [2.75, 3.05) is 13.7 Å². The molecule has 3 rings (SSSR count). The maximum atomic E-state index is 12.3.